The number of fused-ring (bicyclic) bond motifs is 1. The molecule has 3 fully saturated rings. The Kier molecular flexibility index (Phi) is 12.3. The number of ether oxygens (including phenoxy) is 1. The van der Waals surface area contributed by atoms with Crippen LogP contribution in [0, 0.1) is 11.7 Å². The lowest BCUT2D eigenvalue weighted by atomic mass is 9.94. The molecule has 17 nitrogen and oxygen atoms in total. The summed E-state index contributed by atoms with van der Waals surface area (Å²) < 4.78 is 34.9. The molecule has 0 aliphatic carbocycles. The number of amides is 4. The summed E-state index contributed by atoms with van der Waals surface area (Å²) in [5, 5.41) is 13.7. The quantitative estimate of drug-likeness (QED) is 0.0999. The number of hydrogen-bond donors (Lipinski definition) is 3. The Labute approximate surface area is 386 Å². The van der Waals surface area contributed by atoms with E-state index in [1.807, 2.05) is 37.6 Å². The molecule has 2 aromatic heterocycles. The van der Waals surface area contributed by atoms with E-state index in [0.717, 1.165) is 86.1 Å². The second-order valence-corrected chi connectivity index (χ2v) is 21.1. The van der Waals surface area contributed by atoms with Crippen molar-refractivity contribution in [3.63, 3.8) is 0 Å². The number of imide groups is 2. The predicted molar refractivity (Wildman–Crippen MR) is 251 cm³/mol. The summed E-state index contributed by atoms with van der Waals surface area (Å²) in [5.74, 6) is -0.975. The van der Waals surface area contributed by atoms with Gasteiger partial charge in [0.1, 0.15) is 29.8 Å². The number of piperidine rings is 2. The number of carbonyl (C=O) groups is 4. The molecule has 3 N–H and O–H groups in total. The number of carbonyl (C=O) groups excluding carboxylic acids is 4. The van der Waals surface area contributed by atoms with E-state index in [-0.39, 0.29) is 40.8 Å². The topological polar surface area (TPSA) is 187 Å². The molecule has 1 atom stereocenters. The molecule has 4 aliphatic heterocycles. The summed E-state index contributed by atoms with van der Waals surface area (Å²) in [6, 6.07) is 12.4. The Morgan fingerprint density at radius 1 is 0.864 bits per heavy atom. The Hall–Kier alpha value is -6.36. The maximum atomic E-state index is 14.2. The van der Waals surface area contributed by atoms with Gasteiger partial charge < -0.3 is 29.7 Å². The van der Waals surface area contributed by atoms with Gasteiger partial charge in [-0.3, -0.25) is 39.0 Å². The number of piperazine rings is 1. The van der Waals surface area contributed by atoms with Crippen molar-refractivity contribution in [1.29, 1.82) is 0 Å². The molecule has 9 rings (SSSR count). The highest BCUT2D eigenvalue weighted by atomic mass is 35.5. The number of aryl methyl sites for hydroxylation is 1. The fourth-order valence-electron chi connectivity index (χ4n) is 9.27. The lowest BCUT2D eigenvalue weighted by Gasteiger charge is -2.40. The number of methoxy groups -OCH3 is 1. The van der Waals surface area contributed by atoms with Crippen LogP contribution >= 0.6 is 18.7 Å². The molecule has 344 valence electrons. The van der Waals surface area contributed by atoms with Crippen LogP contribution in [0.25, 0.3) is 11.1 Å². The number of hydrogen-bond acceptors (Lipinski definition) is 14. The van der Waals surface area contributed by atoms with Gasteiger partial charge in [-0.25, -0.2) is 9.37 Å². The summed E-state index contributed by atoms with van der Waals surface area (Å²) in [4.78, 5) is 68.0. The third-order valence-electron chi connectivity index (χ3n) is 12.7. The van der Waals surface area contributed by atoms with Gasteiger partial charge in [0.2, 0.25) is 17.8 Å². The molecule has 0 radical (unpaired) electrons. The number of aromatic nitrogens is 4. The predicted octanol–water partition coefficient (Wildman–Crippen LogP) is 5.85. The largest absolute Gasteiger partial charge is 0.494 e. The van der Waals surface area contributed by atoms with Crippen molar-refractivity contribution in [2.45, 2.75) is 31.7 Å². The monoisotopic (exact) mass is 937 g/mol. The van der Waals surface area contributed by atoms with Gasteiger partial charge in [-0.1, -0.05) is 11.6 Å². The van der Waals surface area contributed by atoms with Crippen LogP contribution in [0.15, 0.2) is 67.1 Å². The molecule has 3 aromatic carbocycles. The van der Waals surface area contributed by atoms with E-state index in [4.69, 9.17) is 16.3 Å². The molecule has 0 spiro atoms. The molecule has 5 aromatic rings. The molecule has 66 heavy (non-hydrogen) atoms. The minimum Gasteiger partial charge on any atom is -0.494 e. The van der Waals surface area contributed by atoms with Gasteiger partial charge in [-0.05, 0) is 81.0 Å². The Balaban J connectivity index is 0.847. The Morgan fingerprint density at radius 3 is 2.32 bits per heavy atom. The van der Waals surface area contributed by atoms with Crippen LogP contribution in [0.1, 0.15) is 46.4 Å². The first-order valence-electron chi connectivity index (χ1n) is 21.8. The Morgan fingerprint density at radius 2 is 1.62 bits per heavy atom. The van der Waals surface area contributed by atoms with E-state index >= 15 is 0 Å². The molecule has 0 bridgehead atoms. The SMILES string of the molecule is COc1cc(N2CCC(CN3CCN(c4ccc5c(c4)C(=O)N(C4CCC(=O)NC4=O)C5=O)CC3)CC2)c(-c2cnn(C)c2)cc1Nc1ncc(Cl)c(Nc2ccc(F)cc2P(C)(C)=O)n1. The van der Waals surface area contributed by atoms with E-state index < -0.39 is 42.6 Å². The molecular formula is C46H50ClFN11O6P. The molecule has 0 saturated carbocycles. The van der Waals surface area contributed by atoms with Crippen LogP contribution in [0.4, 0.5) is 38.9 Å². The molecular weight excluding hydrogens is 888 g/mol. The van der Waals surface area contributed by atoms with Gasteiger partial charge in [0.15, 0.2) is 5.82 Å². The first-order valence-corrected chi connectivity index (χ1v) is 24.8. The lowest BCUT2D eigenvalue weighted by molar-refractivity contribution is -0.136. The third-order valence-corrected chi connectivity index (χ3v) is 14.6. The zero-order valence-corrected chi connectivity index (χ0v) is 38.7. The summed E-state index contributed by atoms with van der Waals surface area (Å²) in [7, 11) is 0.629. The van der Waals surface area contributed by atoms with Gasteiger partial charge in [0.05, 0.1) is 42.0 Å². The van der Waals surface area contributed by atoms with Crippen molar-refractivity contribution in [3.05, 3.63) is 89.1 Å². The molecule has 4 amide bonds. The van der Waals surface area contributed by atoms with Crippen LogP contribution in [0.5, 0.6) is 5.75 Å². The summed E-state index contributed by atoms with van der Waals surface area (Å²) in [6.45, 7) is 9.03. The molecule has 1 unspecified atom stereocenters. The van der Waals surface area contributed by atoms with Gasteiger partial charge >= 0.3 is 0 Å². The maximum absolute atomic E-state index is 14.2. The number of halogens is 2. The molecule has 20 heteroatoms. The number of nitrogens with zero attached hydrogens (tertiary/aromatic N) is 8. The maximum Gasteiger partial charge on any atom is 0.262 e. The minimum atomic E-state index is -2.86. The second kappa shape index (κ2) is 18.1. The van der Waals surface area contributed by atoms with E-state index in [1.54, 1.807) is 37.3 Å². The summed E-state index contributed by atoms with van der Waals surface area (Å²) >= 11 is 6.53. The van der Waals surface area contributed by atoms with Gasteiger partial charge in [-0.15, -0.1) is 0 Å². The van der Waals surface area contributed by atoms with Crippen molar-refractivity contribution >= 4 is 82.2 Å². The van der Waals surface area contributed by atoms with Crippen LogP contribution < -0.4 is 35.8 Å². The molecule has 3 saturated heterocycles. The van der Waals surface area contributed by atoms with E-state index in [1.165, 1.54) is 24.4 Å². The van der Waals surface area contributed by atoms with Crippen molar-refractivity contribution < 1.29 is 32.9 Å². The number of nitrogens with one attached hydrogen (secondary N) is 3. The van der Waals surface area contributed by atoms with Crippen LogP contribution in [-0.4, -0.2) is 125 Å². The zero-order valence-electron chi connectivity index (χ0n) is 37.0. The Bertz CT molecular complexity index is 2800. The normalized spacial score (nSPS) is 18.5. The standard InChI is InChI=1S/C46H50ClFN11O6P/c1-55-26-28(23-50-55)32-21-36(52-46-49-24-34(47)42(54-46)51-35-8-5-29(48)19-40(35)66(3,4)64)39(65-2)22-38(32)58-13-11-27(12-14-58)25-56-15-17-57(18-16-56)30-6-7-31-33(20-30)45(63)59(44(31)62)37-9-10-41(60)53-43(37)61/h5-8,19-24,26-27,37H,9-18,25H2,1-4H3,(H,53,60,61)(H2,49,51,52,54). The summed E-state index contributed by atoms with van der Waals surface area (Å²) in [6.07, 6.45) is 7.44. The fraction of sp³-hybridized carbons (Fsp3) is 0.370. The highest BCUT2D eigenvalue weighted by molar-refractivity contribution is 7.70. The highest BCUT2D eigenvalue weighted by Gasteiger charge is 2.45. The second-order valence-electron chi connectivity index (χ2n) is 17.5. The first-order chi connectivity index (χ1) is 31.6. The number of rotatable bonds is 12. The average Bonchev–Trinajstić information content (AvgIpc) is 3.84. The van der Waals surface area contributed by atoms with E-state index in [2.05, 4.69) is 45.7 Å². The summed E-state index contributed by atoms with van der Waals surface area (Å²) in [5.41, 5.74) is 5.36. The third kappa shape index (κ3) is 9.09. The zero-order chi connectivity index (χ0) is 46.4. The smallest absolute Gasteiger partial charge is 0.262 e. The first kappa shape index (κ1) is 44.8. The highest BCUT2D eigenvalue weighted by Crippen LogP contribution is 2.43. The van der Waals surface area contributed by atoms with Gasteiger partial charge in [0.25, 0.3) is 11.8 Å². The van der Waals surface area contributed by atoms with Crippen molar-refractivity contribution in [1.82, 2.24) is 34.9 Å². The van der Waals surface area contributed by atoms with Crippen molar-refractivity contribution in [2.24, 2.45) is 13.0 Å². The number of benzene rings is 3. The minimum absolute atomic E-state index is 0.0762. The number of anilines is 6. The van der Waals surface area contributed by atoms with Gasteiger partial charge in [0, 0.05) is 99.4 Å². The molecule has 6 heterocycles. The van der Waals surface area contributed by atoms with Crippen LogP contribution in [0.2, 0.25) is 5.02 Å². The van der Waals surface area contributed by atoms with E-state index in [0.29, 0.717) is 28.3 Å². The van der Waals surface area contributed by atoms with Crippen LogP contribution in [-0.2, 0) is 21.2 Å². The van der Waals surface area contributed by atoms with Crippen molar-refractivity contribution in [3.8, 4) is 16.9 Å². The average molecular weight is 938 g/mol. The fourth-order valence-corrected chi connectivity index (χ4v) is 10.6. The van der Waals surface area contributed by atoms with Crippen LogP contribution in [0.3, 0.4) is 0 Å². The lowest BCUT2D eigenvalue weighted by Crippen LogP contribution is -2.54. The van der Waals surface area contributed by atoms with Gasteiger partial charge in [-0.2, -0.15) is 10.1 Å². The molecule has 4 aliphatic rings. The van der Waals surface area contributed by atoms with Crippen molar-refractivity contribution in [2.75, 3.05) is 86.7 Å². The van der Waals surface area contributed by atoms with E-state index in [9.17, 15) is 28.1 Å².